The van der Waals surface area contributed by atoms with Crippen molar-refractivity contribution < 1.29 is 22.8 Å². The third kappa shape index (κ3) is 6.93. The zero-order valence-corrected chi connectivity index (χ0v) is 19.2. The zero-order chi connectivity index (χ0) is 24.2. The Hall–Kier alpha value is -2.62. The lowest BCUT2D eigenvalue weighted by molar-refractivity contribution is -0.137. The van der Waals surface area contributed by atoms with Gasteiger partial charge in [0.05, 0.1) is 24.3 Å². The van der Waals surface area contributed by atoms with Crippen LogP contribution in [-0.4, -0.2) is 60.9 Å². The van der Waals surface area contributed by atoms with Crippen LogP contribution < -0.4 is 10.6 Å². The van der Waals surface area contributed by atoms with Crippen LogP contribution in [-0.2, 0) is 15.8 Å². The van der Waals surface area contributed by atoms with E-state index in [4.69, 9.17) is 11.6 Å². The van der Waals surface area contributed by atoms with Crippen LogP contribution in [0.25, 0.3) is 0 Å². The van der Waals surface area contributed by atoms with E-state index in [0.29, 0.717) is 26.2 Å². The number of aryl methyl sites for hydroxylation is 2. The summed E-state index contributed by atoms with van der Waals surface area (Å²) in [5.41, 5.74) is 1.50. The van der Waals surface area contributed by atoms with Gasteiger partial charge >= 0.3 is 6.18 Å². The largest absolute Gasteiger partial charge is 0.418 e. The van der Waals surface area contributed by atoms with Crippen LogP contribution in [0.4, 0.5) is 24.5 Å². The minimum Gasteiger partial charge on any atom is -0.324 e. The van der Waals surface area contributed by atoms with Crippen molar-refractivity contribution >= 4 is 34.8 Å². The summed E-state index contributed by atoms with van der Waals surface area (Å²) < 4.78 is 39.6. The van der Waals surface area contributed by atoms with Gasteiger partial charge in [0.2, 0.25) is 11.8 Å². The molecule has 10 heteroatoms. The number of carbonyl (C=O) groups is 2. The van der Waals surface area contributed by atoms with Gasteiger partial charge in [0.15, 0.2) is 0 Å². The second kappa shape index (κ2) is 10.5. The molecular weight excluding hydrogens is 457 g/mol. The lowest BCUT2D eigenvalue weighted by Gasteiger charge is -2.33. The molecule has 0 atom stereocenters. The molecule has 6 nitrogen and oxygen atoms in total. The molecule has 1 saturated heterocycles. The highest BCUT2D eigenvalue weighted by atomic mass is 35.5. The molecule has 0 saturated carbocycles. The molecule has 0 aromatic heterocycles. The predicted octanol–water partition coefficient (Wildman–Crippen LogP) is 4.17. The van der Waals surface area contributed by atoms with Gasteiger partial charge in [-0.3, -0.25) is 19.4 Å². The Morgan fingerprint density at radius 3 is 1.94 bits per heavy atom. The number of halogens is 4. The van der Waals surface area contributed by atoms with E-state index >= 15 is 0 Å². The number of hydrogen-bond donors (Lipinski definition) is 2. The Bertz CT molecular complexity index is 1000. The SMILES string of the molecule is Cc1cccc(C)c1NC(=O)CN1CCN(CC(=O)Nc2ccc(Cl)cc2C(F)(F)F)CC1. The van der Waals surface area contributed by atoms with Crippen molar-refractivity contribution in [2.45, 2.75) is 20.0 Å². The summed E-state index contributed by atoms with van der Waals surface area (Å²) in [6.07, 6.45) is -4.63. The highest BCUT2D eigenvalue weighted by Gasteiger charge is 2.34. The molecule has 0 unspecified atom stereocenters. The fourth-order valence-electron chi connectivity index (χ4n) is 3.75. The molecular formula is C23H26ClF3N4O2. The summed E-state index contributed by atoms with van der Waals surface area (Å²) >= 11 is 5.67. The fourth-order valence-corrected chi connectivity index (χ4v) is 3.92. The van der Waals surface area contributed by atoms with E-state index in [1.165, 1.54) is 6.07 Å². The van der Waals surface area contributed by atoms with Crippen LogP contribution in [0.5, 0.6) is 0 Å². The summed E-state index contributed by atoms with van der Waals surface area (Å²) in [6, 6.07) is 9.05. The topological polar surface area (TPSA) is 64.7 Å². The number of piperazine rings is 1. The van der Waals surface area contributed by atoms with Gasteiger partial charge in [-0.25, -0.2) is 0 Å². The van der Waals surface area contributed by atoms with Crippen LogP contribution >= 0.6 is 11.6 Å². The van der Waals surface area contributed by atoms with Crippen molar-refractivity contribution in [3.05, 3.63) is 58.1 Å². The molecule has 2 N–H and O–H groups in total. The van der Waals surface area contributed by atoms with Crippen LogP contribution in [0.15, 0.2) is 36.4 Å². The Kier molecular flexibility index (Phi) is 7.99. The molecule has 1 heterocycles. The summed E-state index contributed by atoms with van der Waals surface area (Å²) in [5.74, 6) is -0.648. The van der Waals surface area contributed by atoms with Gasteiger partial charge in [-0.1, -0.05) is 29.8 Å². The maximum atomic E-state index is 13.2. The fraction of sp³-hybridized carbons (Fsp3) is 0.391. The molecule has 178 valence electrons. The standard InChI is InChI=1S/C23H26ClF3N4O2/c1-15-4-3-5-16(2)22(15)29-21(33)14-31-10-8-30(9-11-31)13-20(32)28-19-7-6-17(24)12-18(19)23(25,26)27/h3-7,12H,8-11,13-14H2,1-2H3,(H,28,32)(H,29,33). The molecule has 0 radical (unpaired) electrons. The van der Waals surface area contributed by atoms with E-state index < -0.39 is 17.6 Å². The van der Waals surface area contributed by atoms with E-state index in [0.717, 1.165) is 28.9 Å². The number of benzene rings is 2. The second-order valence-electron chi connectivity index (χ2n) is 8.10. The molecule has 0 aliphatic carbocycles. The van der Waals surface area contributed by atoms with Crippen molar-refractivity contribution in [2.24, 2.45) is 0 Å². The van der Waals surface area contributed by atoms with Crippen molar-refractivity contribution in [3.63, 3.8) is 0 Å². The smallest absolute Gasteiger partial charge is 0.324 e. The first kappa shape index (κ1) is 25.0. The van der Waals surface area contributed by atoms with Crippen LogP contribution in [0.3, 0.4) is 0 Å². The van der Waals surface area contributed by atoms with Gasteiger partial charge in [0, 0.05) is 36.9 Å². The summed E-state index contributed by atoms with van der Waals surface area (Å²) in [4.78, 5) is 28.6. The molecule has 1 aliphatic heterocycles. The van der Waals surface area contributed by atoms with Gasteiger partial charge in [-0.05, 0) is 43.2 Å². The van der Waals surface area contributed by atoms with Gasteiger partial charge in [-0.15, -0.1) is 0 Å². The van der Waals surface area contributed by atoms with Gasteiger partial charge in [0.25, 0.3) is 0 Å². The lowest BCUT2D eigenvalue weighted by atomic mass is 10.1. The lowest BCUT2D eigenvalue weighted by Crippen LogP contribution is -2.50. The van der Waals surface area contributed by atoms with Crippen molar-refractivity contribution in [2.75, 3.05) is 49.9 Å². The van der Waals surface area contributed by atoms with E-state index in [-0.39, 0.29) is 29.7 Å². The van der Waals surface area contributed by atoms with Gasteiger partial charge in [0.1, 0.15) is 0 Å². The highest BCUT2D eigenvalue weighted by molar-refractivity contribution is 6.30. The number of nitrogens with one attached hydrogen (secondary N) is 2. The molecule has 33 heavy (non-hydrogen) atoms. The maximum absolute atomic E-state index is 13.2. The quantitative estimate of drug-likeness (QED) is 0.648. The average molecular weight is 483 g/mol. The third-order valence-electron chi connectivity index (χ3n) is 5.51. The van der Waals surface area contributed by atoms with Crippen molar-refractivity contribution in [1.29, 1.82) is 0 Å². The number of hydrogen-bond acceptors (Lipinski definition) is 4. The number of anilines is 2. The Labute approximate surface area is 195 Å². The number of rotatable bonds is 6. The molecule has 2 amide bonds. The van der Waals surface area contributed by atoms with Gasteiger partial charge < -0.3 is 10.6 Å². The Morgan fingerprint density at radius 1 is 0.909 bits per heavy atom. The number of alkyl halides is 3. The summed E-state index contributed by atoms with van der Waals surface area (Å²) in [7, 11) is 0. The van der Waals surface area contributed by atoms with E-state index in [2.05, 4.69) is 10.6 Å². The molecule has 0 bridgehead atoms. The van der Waals surface area contributed by atoms with Gasteiger partial charge in [-0.2, -0.15) is 13.2 Å². The summed E-state index contributed by atoms with van der Waals surface area (Å²) in [6.45, 7) is 6.26. The van der Waals surface area contributed by atoms with E-state index in [9.17, 15) is 22.8 Å². The predicted molar refractivity (Wildman–Crippen MR) is 123 cm³/mol. The average Bonchev–Trinajstić information content (AvgIpc) is 2.73. The van der Waals surface area contributed by atoms with E-state index in [1.807, 2.05) is 41.8 Å². The molecule has 2 aromatic carbocycles. The monoisotopic (exact) mass is 482 g/mol. The zero-order valence-electron chi connectivity index (χ0n) is 18.4. The minimum atomic E-state index is -4.63. The van der Waals surface area contributed by atoms with Crippen molar-refractivity contribution in [1.82, 2.24) is 9.80 Å². The first-order chi connectivity index (χ1) is 15.5. The second-order valence-corrected chi connectivity index (χ2v) is 8.54. The molecule has 1 fully saturated rings. The number of amides is 2. The first-order valence-electron chi connectivity index (χ1n) is 10.5. The molecule has 1 aliphatic rings. The molecule has 2 aromatic rings. The highest BCUT2D eigenvalue weighted by Crippen LogP contribution is 2.36. The normalized spacial score (nSPS) is 15.3. The Morgan fingerprint density at radius 2 is 1.42 bits per heavy atom. The first-order valence-corrected chi connectivity index (χ1v) is 10.9. The molecule has 3 rings (SSSR count). The molecule has 0 spiro atoms. The number of nitrogens with zero attached hydrogens (tertiary/aromatic N) is 2. The van der Waals surface area contributed by atoms with Crippen LogP contribution in [0.1, 0.15) is 16.7 Å². The van der Waals surface area contributed by atoms with Crippen molar-refractivity contribution in [3.8, 4) is 0 Å². The maximum Gasteiger partial charge on any atom is 0.418 e. The minimum absolute atomic E-state index is 0.0393. The van der Waals surface area contributed by atoms with E-state index in [1.54, 1.807) is 0 Å². The Balaban J connectivity index is 1.48. The number of para-hydroxylation sites is 1. The van der Waals surface area contributed by atoms with Crippen LogP contribution in [0, 0.1) is 13.8 Å². The number of carbonyl (C=O) groups excluding carboxylic acids is 2. The van der Waals surface area contributed by atoms with Crippen LogP contribution in [0.2, 0.25) is 5.02 Å². The summed E-state index contributed by atoms with van der Waals surface area (Å²) in [5, 5.41) is 5.24. The third-order valence-corrected chi connectivity index (χ3v) is 5.74.